The van der Waals surface area contributed by atoms with Gasteiger partial charge in [0.05, 0.1) is 6.20 Å². The van der Waals surface area contributed by atoms with Crippen molar-refractivity contribution in [2.75, 3.05) is 0 Å². The number of nitrogen functional groups attached to an aromatic ring is 1. The fourth-order valence-corrected chi connectivity index (χ4v) is 1.45. The van der Waals surface area contributed by atoms with Gasteiger partial charge in [0.25, 0.3) is 0 Å². The van der Waals surface area contributed by atoms with Gasteiger partial charge in [-0.2, -0.15) is 0 Å². The minimum atomic E-state index is -0.925. The zero-order valence-electron chi connectivity index (χ0n) is 10.1. The lowest BCUT2D eigenvalue weighted by atomic mass is 10.2. The van der Waals surface area contributed by atoms with E-state index in [0.29, 0.717) is 0 Å². The topological polar surface area (TPSA) is 72.0 Å². The lowest BCUT2D eigenvalue weighted by molar-refractivity contribution is 0.406. The van der Waals surface area contributed by atoms with Gasteiger partial charge in [-0.05, 0) is 31.2 Å². The van der Waals surface area contributed by atoms with Crippen LogP contribution in [0.25, 0.3) is 0 Å². The van der Waals surface area contributed by atoms with Crippen LogP contribution in [0.4, 0.5) is 8.78 Å². The molecule has 2 rings (SSSR count). The quantitative estimate of drug-likeness (QED) is 0.660. The Kier molecular flexibility index (Phi) is 3.41. The minimum absolute atomic E-state index is 0.0376. The summed E-state index contributed by atoms with van der Waals surface area (Å²) in [7, 11) is 0. The Morgan fingerprint density at radius 2 is 1.89 bits per heavy atom. The molecular weight excluding hydrogens is 252 g/mol. The standard InChI is InChI=1S/C13H11F2N3O/c1-7-2-3-9(6-18-7)19-12-10(14)4-8(13(16)17)5-11(12)15/h2-6H,1H3,(H3,16,17). The van der Waals surface area contributed by atoms with Crippen LogP contribution >= 0.6 is 0 Å². The van der Waals surface area contributed by atoms with Gasteiger partial charge in [-0.1, -0.05) is 0 Å². The summed E-state index contributed by atoms with van der Waals surface area (Å²) in [4.78, 5) is 3.96. The molecule has 1 aromatic carbocycles. The Morgan fingerprint density at radius 1 is 1.26 bits per heavy atom. The molecule has 98 valence electrons. The van der Waals surface area contributed by atoms with E-state index in [2.05, 4.69) is 4.98 Å². The van der Waals surface area contributed by atoms with E-state index in [1.165, 1.54) is 6.20 Å². The number of nitrogens with two attached hydrogens (primary N) is 1. The number of amidine groups is 1. The smallest absolute Gasteiger partial charge is 0.198 e. The largest absolute Gasteiger partial charge is 0.450 e. The number of aromatic nitrogens is 1. The van der Waals surface area contributed by atoms with Gasteiger partial charge in [-0.15, -0.1) is 0 Å². The monoisotopic (exact) mass is 263 g/mol. The number of halogens is 2. The zero-order chi connectivity index (χ0) is 14.0. The fourth-order valence-electron chi connectivity index (χ4n) is 1.45. The van der Waals surface area contributed by atoms with Gasteiger partial charge in [0, 0.05) is 11.3 Å². The van der Waals surface area contributed by atoms with Crippen molar-refractivity contribution in [3.05, 3.63) is 53.4 Å². The molecule has 0 spiro atoms. The van der Waals surface area contributed by atoms with Crippen LogP contribution in [0.5, 0.6) is 11.5 Å². The first kappa shape index (κ1) is 12.9. The second-order valence-corrected chi connectivity index (χ2v) is 3.92. The van der Waals surface area contributed by atoms with Crippen molar-refractivity contribution in [3.63, 3.8) is 0 Å². The van der Waals surface area contributed by atoms with Gasteiger partial charge in [-0.25, -0.2) is 8.78 Å². The summed E-state index contributed by atoms with van der Waals surface area (Å²) in [6, 6.07) is 5.11. The average Bonchev–Trinajstić information content (AvgIpc) is 2.35. The second-order valence-electron chi connectivity index (χ2n) is 3.92. The molecule has 6 heteroatoms. The zero-order valence-corrected chi connectivity index (χ0v) is 10.1. The van der Waals surface area contributed by atoms with E-state index < -0.39 is 23.2 Å². The lowest BCUT2D eigenvalue weighted by Crippen LogP contribution is -2.12. The van der Waals surface area contributed by atoms with E-state index in [4.69, 9.17) is 15.9 Å². The van der Waals surface area contributed by atoms with Crippen molar-refractivity contribution < 1.29 is 13.5 Å². The predicted octanol–water partition coefficient (Wildman–Crippen LogP) is 2.74. The molecule has 0 amide bonds. The highest BCUT2D eigenvalue weighted by molar-refractivity contribution is 5.95. The normalized spacial score (nSPS) is 10.3. The third kappa shape index (κ3) is 2.85. The maximum absolute atomic E-state index is 13.7. The maximum atomic E-state index is 13.7. The molecule has 0 aliphatic rings. The summed E-state index contributed by atoms with van der Waals surface area (Å²) >= 11 is 0. The van der Waals surface area contributed by atoms with E-state index in [-0.39, 0.29) is 11.3 Å². The van der Waals surface area contributed by atoms with Crippen LogP contribution < -0.4 is 10.5 Å². The highest BCUT2D eigenvalue weighted by Gasteiger charge is 2.14. The molecule has 1 aromatic heterocycles. The third-order valence-corrected chi connectivity index (χ3v) is 2.41. The van der Waals surface area contributed by atoms with Gasteiger partial charge >= 0.3 is 0 Å². The number of benzene rings is 1. The minimum Gasteiger partial charge on any atom is -0.450 e. The van der Waals surface area contributed by atoms with E-state index in [1.807, 2.05) is 0 Å². The fraction of sp³-hybridized carbons (Fsp3) is 0.0769. The van der Waals surface area contributed by atoms with Gasteiger partial charge in [0.2, 0.25) is 0 Å². The summed E-state index contributed by atoms with van der Waals surface area (Å²) < 4.78 is 32.5. The van der Waals surface area contributed by atoms with Gasteiger partial charge < -0.3 is 10.5 Å². The molecule has 0 radical (unpaired) electrons. The summed E-state index contributed by atoms with van der Waals surface area (Å²) in [6.07, 6.45) is 1.37. The lowest BCUT2D eigenvalue weighted by Gasteiger charge is -2.09. The third-order valence-electron chi connectivity index (χ3n) is 2.41. The Morgan fingerprint density at radius 3 is 2.37 bits per heavy atom. The number of hydrogen-bond acceptors (Lipinski definition) is 3. The molecule has 1 heterocycles. The second kappa shape index (κ2) is 5.01. The van der Waals surface area contributed by atoms with Crippen LogP contribution in [0.1, 0.15) is 11.3 Å². The number of rotatable bonds is 3. The molecule has 4 nitrogen and oxygen atoms in total. The molecule has 2 aromatic rings. The summed E-state index contributed by atoms with van der Waals surface area (Å²) in [5, 5.41) is 7.14. The number of aryl methyl sites for hydroxylation is 1. The average molecular weight is 263 g/mol. The first-order chi connectivity index (χ1) is 8.97. The van der Waals surface area contributed by atoms with Gasteiger partial charge in [0.1, 0.15) is 11.6 Å². The molecule has 3 N–H and O–H groups in total. The van der Waals surface area contributed by atoms with Crippen molar-refractivity contribution in [2.45, 2.75) is 6.92 Å². The van der Waals surface area contributed by atoms with Crippen LogP contribution in [-0.4, -0.2) is 10.8 Å². The number of hydrogen-bond donors (Lipinski definition) is 2. The number of pyridine rings is 1. The van der Waals surface area contributed by atoms with Crippen molar-refractivity contribution >= 4 is 5.84 Å². The van der Waals surface area contributed by atoms with Crippen molar-refractivity contribution in [3.8, 4) is 11.5 Å². The number of ether oxygens (including phenoxy) is 1. The van der Waals surface area contributed by atoms with E-state index in [1.54, 1.807) is 19.1 Å². The Labute approximate surface area is 108 Å². The maximum Gasteiger partial charge on any atom is 0.198 e. The predicted molar refractivity (Wildman–Crippen MR) is 66.4 cm³/mol. The summed E-state index contributed by atoms with van der Waals surface area (Å²) in [5.74, 6) is -2.59. The highest BCUT2D eigenvalue weighted by Crippen LogP contribution is 2.28. The van der Waals surface area contributed by atoms with E-state index in [9.17, 15) is 8.78 Å². The molecule has 0 atom stereocenters. The van der Waals surface area contributed by atoms with Gasteiger partial charge in [0.15, 0.2) is 17.4 Å². The molecule has 0 unspecified atom stereocenters. The first-order valence-electron chi connectivity index (χ1n) is 5.41. The van der Waals surface area contributed by atoms with Crippen molar-refractivity contribution in [1.29, 1.82) is 5.41 Å². The molecule has 0 aliphatic carbocycles. The molecule has 19 heavy (non-hydrogen) atoms. The van der Waals surface area contributed by atoms with Crippen LogP contribution in [0, 0.1) is 24.0 Å². The van der Waals surface area contributed by atoms with E-state index >= 15 is 0 Å². The SMILES string of the molecule is Cc1ccc(Oc2c(F)cc(C(=N)N)cc2F)cn1. The molecule has 0 saturated carbocycles. The molecule has 0 saturated heterocycles. The first-order valence-corrected chi connectivity index (χ1v) is 5.41. The van der Waals surface area contributed by atoms with Crippen LogP contribution in [0.15, 0.2) is 30.5 Å². The molecule has 0 bridgehead atoms. The van der Waals surface area contributed by atoms with Gasteiger partial charge in [-0.3, -0.25) is 10.4 Å². The Balaban J connectivity index is 2.35. The van der Waals surface area contributed by atoms with Crippen molar-refractivity contribution in [2.24, 2.45) is 5.73 Å². The molecule has 0 aliphatic heterocycles. The molecular formula is C13H11F2N3O. The Bertz CT molecular complexity index is 603. The van der Waals surface area contributed by atoms with Crippen LogP contribution in [0.2, 0.25) is 0 Å². The Hall–Kier alpha value is -2.50. The number of nitrogens with zero attached hydrogens (tertiary/aromatic N) is 1. The number of nitrogens with one attached hydrogen (secondary N) is 1. The van der Waals surface area contributed by atoms with E-state index in [0.717, 1.165) is 17.8 Å². The summed E-state index contributed by atoms with van der Waals surface area (Å²) in [6.45, 7) is 1.78. The van der Waals surface area contributed by atoms with Crippen molar-refractivity contribution in [1.82, 2.24) is 4.98 Å². The highest BCUT2D eigenvalue weighted by atomic mass is 19.1. The van der Waals surface area contributed by atoms with Crippen LogP contribution in [0.3, 0.4) is 0 Å². The van der Waals surface area contributed by atoms with Crippen LogP contribution in [-0.2, 0) is 0 Å². The summed E-state index contributed by atoms with van der Waals surface area (Å²) in [5.41, 5.74) is 5.90. The molecule has 0 fully saturated rings.